The third-order valence-electron chi connectivity index (χ3n) is 14.1. The van der Waals surface area contributed by atoms with E-state index in [9.17, 15) is 15.3 Å². The monoisotopic (exact) mass is 624 g/mol. The van der Waals surface area contributed by atoms with Crippen LogP contribution >= 0.6 is 0 Å². The van der Waals surface area contributed by atoms with E-state index in [2.05, 4.69) is 77.7 Å². The quantitative estimate of drug-likeness (QED) is 0.227. The highest BCUT2D eigenvalue weighted by Gasteiger charge is 2.67. The molecule has 2 aromatic heterocycles. The number of hydrogen-bond donors (Lipinski definition) is 4. The van der Waals surface area contributed by atoms with E-state index < -0.39 is 23.4 Å². The minimum atomic E-state index is -0.800. The summed E-state index contributed by atoms with van der Waals surface area (Å²) in [5.41, 5.74) is 12.5. The van der Waals surface area contributed by atoms with Gasteiger partial charge in [0.15, 0.2) is 0 Å². The molecular weight excluding hydrogens is 572 g/mol. The number of fused-ring (bicyclic) bond motifs is 11. The van der Waals surface area contributed by atoms with E-state index in [1.807, 2.05) is 13.0 Å². The van der Waals surface area contributed by atoms with Crippen LogP contribution in [0, 0.1) is 28.6 Å². The van der Waals surface area contributed by atoms with Gasteiger partial charge in [0.2, 0.25) is 0 Å². The fourth-order valence-corrected chi connectivity index (χ4v) is 12.3. The minimum absolute atomic E-state index is 0.0921. The maximum Gasteiger partial charge on any atom is 0.149 e. The number of ether oxygens (including phenoxy) is 1. The number of nitrogens with two attached hydrogens (primary N) is 1. The Hall–Kier alpha value is -2.64. The number of hydrogen-bond acceptors (Lipinski definition) is 5. The summed E-state index contributed by atoms with van der Waals surface area (Å²) in [5.74, 6) is 0.729. The molecule has 0 amide bonds. The van der Waals surface area contributed by atoms with Crippen molar-refractivity contribution in [1.82, 2.24) is 4.40 Å². The van der Waals surface area contributed by atoms with Crippen LogP contribution in [0.5, 0.6) is 5.75 Å². The van der Waals surface area contributed by atoms with Crippen molar-refractivity contribution in [3.05, 3.63) is 59.0 Å². The molecule has 1 aromatic carbocycles. The molecule has 6 nitrogen and oxygen atoms in total. The van der Waals surface area contributed by atoms with Gasteiger partial charge in [-0.1, -0.05) is 39.5 Å². The van der Waals surface area contributed by atoms with E-state index in [0.717, 1.165) is 71.0 Å². The number of aromatic hydroxyl groups is 1. The maximum absolute atomic E-state index is 12.2. The normalized spacial score (nSPS) is 38.9. The average Bonchev–Trinajstić information content (AvgIpc) is 3.62. The molecule has 5 aliphatic rings. The molecule has 0 spiro atoms. The zero-order chi connectivity index (χ0) is 33.1. The first-order chi connectivity index (χ1) is 21.4. The van der Waals surface area contributed by atoms with Crippen molar-refractivity contribution in [3.63, 3.8) is 0 Å². The van der Waals surface area contributed by atoms with Gasteiger partial charge in [-0.25, -0.2) is 0 Å². The van der Waals surface area contributed by atoms with Gasteiger partial charge in [0.05, 0.1) is 34.6 Å². The Labute approximate surface area is 273 Å². The Morgan fingerprint density at radius 1 is 1.11 bits per heavy atom. The van der Waals surface area contributed by atoms with Crippen molar-refractivity contribution < 1.29 is 20.1 Å². The minimum Gasteiger partial charge on any atom is -0.505 e. The summed E-state index contributed by atoms with van der Waals surface area (Å²) >= 11 is 0. The molecule has 2 unspecified atom stereocenters. The first-order valence-corrected chi connectivity index (χ1v) is 17.5. The molecule has 2 fully saturated rings. The highest BCUT2D eigenvalue weighted by Crippen LogP contribution is 2.71. The van der Waals surface area contributed by atoms with Gasteiger partial charge in [-0.15, -0.1) is 0 Å². The molecule has 1 aliphatic heterocycles. The van der Waals surface area contributed by atoms with Gasteiger partial charge >= 0.3 is 0 Å². The lowest BCUT2D eigenvalue weighted by Crippen LogP contribution is -2.62. The van der Waals surface area contributed by atoms with Crippen LogP contribution in [0.3, 0.4) is 0 Å². The van der Waals surface area contributed by atoms with Crippen LogP contribution in [0.4, 0.5) is 0 Å². The summed E-state index contributed by atoms with van der Waals surface area (Å²) in [4.78, 5) is 0. The van der Waals surface area contributed by atoms with Gasteiger partial charge in [0.1, 0.15) is 5.75 Å². The molecule has 2 saturated carbocycles. The summed E-state index contributed by atoms with van der Waals surface area (Å²) in [6.07, 6.45) is 10.1. The van der Waals surface area contributed by atoms with Crippen LogP contribution in [0.25, 0.3) is 27.4 Å². The van der Waals surface area contributed by atoms with Crippen LogP contribution in [0.1, 0.15) is 115 Å². The fraction of sp³-hybridized carbons (Fsp3) is 0.600. The molecule has 8 atom stereocenters. The molecule has 4 aliphatic carbocycles. The van der Waals surface area contributed by atoms with Crippen LogP contribution in [0.15, 0.2) is 30.9 Å². The fourth-order valence-electron chi connectivity index (χ4n) is 12.3. The number of aliphatic hydroxyl groups is 2. The van der Waals surface area contributed by atoms with Crippen LogP contribution < -0.4 is 5.73 Å². The number of rotatable bonds is 3. The van der Waals surface area contributed by atoms with E-state index in [1.165, 1.54) is 16.6 Å². The predicted octanol–water partition coefficient (Wildman–Crippen LogP) is 7.43. The lowest BCUT2D eigenvalue weighted by molar-refractivity contribution is -0.144. The molecular formula is C40H52N2O4. The Bertz CT molecular complexity index is 1890. The lowest BCUT2D eigenvalue weighted by Gasteiger charge is -2.64. The molecule has 0 saturated heterocycles. The molecule has 0 radical (unpaired) electrons. The topological polar surface area (TPSA) is 100 Å². The number of allylic oxidation sites excluding steroid dienone is 1. The molecule has 0 bridgehead atoms. The molecule has 8 rings (SSSR count). The van der Waals surface area contributed by atoms with Crippen molar-refractivity contribution in [1.29, 1.82) is 0 Å². The molecule has 3 aromatic rings. The summed E-state index contributed by atoms with van der Waals surface area (Å²) in [7, 11) is 0. The van der Waals surface area contributed by atoms with Gasteiger partial charge in [-0.05, 0) is 118 Å². The zero-order valence-electron chi connectivity index (χ0n) is 28.9. The van der Waals surface area contributed by atoms with E-state index >= 15 is 0 Å². The van der Waals surface area contributed by atoms with Crippen molar-refractivity contribution in [3.8, 4) is 5.75 Å². The Kier molecular flexibility index (Phi) is 6.05. The Morgan fingerprint density at radius 2 is 1.83 bits per heavy atom. The standard InChI is InChI=1S/C40H52N2O4/c1-20(2)31-34(45)29-28-22(25-19-36(3,4)46-37(5,6)30(25)33(28)44)18-23-24-17-21-11-12-26-38(7,14-10-16-41)27(43)13-15-39(26,8)40(21,9)35(24)42(31)32(23)29/h10,14,18-19,21,26-27,30,33,43-45H,1,11-13,15-17,41H2,2-9H3/b14-10+/t21?,26-,27-,30?,33+,38-,39-,40+/m0/s1. The second-order valence-electron chi connectivity index (χ2n) is 17.3. The van der Waals surface area contributed by atoms with Crippen molar-refractivity contribution in [2.24, 2.45) is 34.3 Å². The van der Waals surface area contributed by atoms with Crippen molar-refractivity contribution >= 4 is 27.4 Å². The van der Waals surface area contributed by atoms with E-state index in [-0.39, 0.29) is 33.8 Å². The van der Waals surface area contributed by atoms with Crippen LogP contribution in [-0.4, -0.2) is 43.6 Å². The largest absolute Gasteiger partial charge is 0.505 e. The summed E-state index contributed by atoms with van der Waals surface area (Å²) in [5, 5.41) is 37.8. The highest BCUT2D eigenvalue weighted by molar-refractivity contribution is 6.11. The van der Waals surface area contributed by atoms with Gasteiger partial charge < -0.3 is 30.2 Å². The third kappa shape index (κ3) is 3.37. The summed E-state index contributed by atoms with van der Waals surface area (Å²) in [6.45, 7) is 22.4. The Balaban J connectivity index is 1.44. The van der Waals surface area contributed by atoms with Gasteiger partial charge in [-0.3, -0.25) is 0 Å². The molecule has 5 N–H and O–H groups in total. The number of aliphatic hydroxyl groups excluding tert-OH is 2. The van der Waals surface area contributed by atoms with Crippen molar-refractivity contribution in [2.45, 2.75) is 116 Å². The second-order valence-corrected chi connectivity index (χ2v) is 17.3. The van der Waals surface area contributed by atoms with Crippen molar-refractivity contribution in [2.75, 3.05) is 6.54 Å². The highest BCUT2D eigenvalue weighted by atomic mass is 16.5. The predicted molar refractivity (Wildman–Crippen MR) is 185 cm³/mol. The zero-order valence-corrected chi connectivity index (χ0v) is 28.9. The van der Waals surface area contributed by atoms with E-state index in [0.29, 0.717) is 12.5 Å². The first kappa shape index (κ1) is 30.7. The van der Waals surface area contributed by atoms with Gasteiger partial charge in [0, 0.05) is 45.3 Å². The number of aromatic nitrogens is 1. The first-order valence-electron chi connectivity index (χ1n) is 17.5. The second kappa shape index (κ2) is 9.07. The number of nitrogens with zero attached hydrogens (tertiary/aromatic N) is 1. The Morgan fingerprint density at radius 3 is 2.50 bits per heavy atom. The third-order valence-corrected chi connectivity index (χ3v) is 14.1. The van der Waals surface area contributed by atoms with E-state index in [4.69, 9.17) is 10.5 Å². The summed E-state index contributed by atoms with van der Waals surface area (Å²) < 4.78 is 8.89. The smallest absolute Gasteiger partial charge is 0.149 e. The maximum atomic E-state index is 12.2. The van der Waals surface area contributed by atoms with Gasteiger partial charge in [0.25, 0.3) is 0 Å². The average molecular weight is 625 g/mol. The molecule has 46 heavy (non-hydrogen) atoms. The summed E-state index contributed by atoms with van der Waals surface area (Å²) in [6, 6.07) is 2.34. The SMILES string of the molecule is C=C(C)c1c(O)c2c3c(cc4c5c(n1c42)[C@@]1(C)C(CC[C@H]2[C@](C)(/C=C/CN)[C@@H](O)CC[C@@]21C)C5)C1=CC(C)(C)OC(C)(C)C1[C@@H]3O. The van der Waals surface area contributed by atoms with Gasteiger partial charge in [-0.2, -0.15) is 0 Å². The number of benzene rings is 1. The molecule has 3 heterocycles. The van der Waals surface area contributed by atoms with Crippen LogP contribution in [0.2, 0.25) is 0 Å². The molecule has 246 valence electrons. The van der Waals surface area contributed by atoms with E-state index in [1.54, 1.807) is 0 Å². The molecule has 6 heteroatoms. The lowest BCUT2D eigenvalue weighted by atomic mass is 9.40. The van der Waals surface area contributed by atoms with Crippen LogP contribution in [-0.2, 0) is 16.6 Å².